The highest BCUT2D eigenvalue weighted by Gasteiger charge is 2.07. The van der Waals surface area contributed by atoms with Gasteiger partial charge in [-0.15, -0.1) is 0 Å². The number of nitrogens with zero attached hydrogens (tertiary/aromatic N) is 2. The van der Waals surface area contributed by atoms with E-state index >= 15 is 0 Å². The number of hydrogen-bond donors (Lipinski definition) is 2. The molecule has 0 bridgehead atoms. The van der Waals surface area contributed by atoms with Gasteiger partial charge in [-0.05, 0) is 37.1 Å². The zero-order chi connectivity index (χ0) is 18.2. The lowest BCUT2D eigenvalue weighted by atomic mass is 10.1. The quantitative estimate of drug-likeness (QED) is 0.476. The Morgan fingerprint density at radius 2 is 1.58 bits per heavy atom. The first-order valence-corrected chi connectivity index (χ1v) is 9.31. The summed E-state index contributed by atoms with van der Waals surface area (Å²) in [6.45, 7) is 8.49. The predicted octanol–water partition coefficient (Wildman–Crippen LogP) is 3.63. The summed E-state index contributed by atoms with van der Waals surface area (Å²) in [4.78, 5) is 7.06. The van der Waals surface area contributed by atoms with Gasteiger partial charge in [0.15, 0.2) is 5.96 Å². The van der Waals surface area contributed by atoms with Crippen molar-refractivity contribution in [3.63, 3.8) is 0 Å². The van der Waals surface area contributed by atoms with E-state index in [-0.39, 0.29) is 0 Å². The molecule has 2 N–H and O–H groups in total. The third kappa shape index (κ3) is 5.12. The Labute approximate surface area is 156 Å². The van der Waals surface area contributed by atoms with Crippen molar-refractivity contribution in [2.24, 2.45) is 4.99 Å². The van der Waals surface area contributed by atoms with Crippen molar-refractivity contribution in [2.45, 2.75) is 26.9 Å². The molecule has 0 aliphatic carbocycles. The summed E-state index contributed by atoms with van der Waals surface area (Å²) in [6, 6.07) is 17.3. The Balaban J connectivity index is 1.56. The van der Waals surface area contributed by atoms with Crippen molar-refractivity contribution >= 4 is 11.6 Å². The first-order valence-electron chi connectivity index (χ1n) is 9.31. The van der Waals surface area contributed by atoms with E-state index in [1.54, 1.807) is 0 Å². The van der Waals surface area contributed by atoms with Crippen LogP contribution in [0, 0.1) is 6.92 Å². The number of hydrogen-bond acceptors (Lipinski definition) is 2. The molecule has 0 amide bonds. The van der Waals surface area contributed by atoms with Crippen LogP contribution in [0.15, 0.2) is 65.7 Å². The van der Waals surface area contributed by atoms with Gasteiger partial charge in [0.2, 0.25) is 0 Å². The minimum Gasteiger partial charge on any atom is -0.364 e. The number of anilines is 1. The van der Waals surface area contributed by atoms with Gasteiger partial charge in [0.05, 0.1) is 6.54 Å². The minimum atomic E-state index is 0.668. The molecule has 0 radical (unpaired) electrons. The predicted molar refractivity (Wildman–Crippen MR) is 111 cm³/mol. The minimum absolute atomic E-state index is 0.668. The second-order valence-corrected chi connectivity index (χ2v) is 6.58. The summed E-state index contributed by atoms with van der Waals surface area (Å²) in [5.74, 6) is 0.848. The first-order chi connectivity index (χ1) is 12.7. The van der Waals surface area contributed by atoms with Crippen LogP contribution in [0.5, 0.6) is 0 Å². The van der Waals surface area contributed by atoms with Crippen molar-refractivity contribution in [1.82, 2.24) is 10.6 Å². The van der Waals surface area contributed by atoms with Gasteiger partial charge in [-0.25, -0.2) is 4.99 Å². The van der Waals surface area contributed by atoms with Crippen molar-refractivity contribution < 1.29 is 0 Å². The maximum Gasteiger partial charge on any atom is 0.191 e. The number of aryl methyl sites for hydroxylation is 1. The van der Waals surface area contributed by atoms with Crippen molar-refractivity contribution in [1.29, 1.82) is 0 Å². The van der Waals surface area contributed by atoms with Crippen LogP contribution in [0.3, 0.4) is 0 Å². The van der Waals surface area contributed by atoms with E-state index in [9.17, 15) is 0 Å². The fraction of sp³-hybridized carbons (Fsp3) is 0.318. The van der Waals surface area contributed by atoms with E-state index in [0.29, 0.717) is 6.54 Å². The Kier molecular flexibility index (Phi) is 6.31. The lowest BCUT2D eigenvalue weighted by Gasteiger charge is -2.17. The Morgan fingerprint density at radius 1 is 0.923 bits per heavy atom. The van der Waals surface area contributed by atoms with Crippen molar-refractivity contribution in [3.8, 4) is 0 Å². The Hall–Kier alpha value is -2.75. The van der Waals surface area contributed by atoms with Crippen molar-refractivity contribution in [3.05, 3.63) is 77.4 Å². The summed E-state index contributed by atoms with van der Waals surface area (Å²) >= 11 is 0. The Bertz CT molecular complexity index is 737. The molecule has 2 aromatic rings. The van der Waals surface area contributed by atoms with E-state index in [1.807, 2.05) is 0 Å². The summed E-state index contributed by atoms with van der Waals surface area (Å²) in [5, 5.41) is 6.72. The fourth-order valence-corrected chi connectivity index (χ4v) is 2.90. The van der Waals surface area contributed by atoms with Crippen LogP contribution in [0.2, 0.25) is 0 Å². The van der Waals surface area contributed by atoms with Gasteiger partial charge in [-0.1, -0.05) is 54.1 Å². The smallest absolute Gasteiger partial charge is 0.191 e. The maximum atomic E-state index is 4.71. The molecule has 2 aromatic carbocycles. The summed E-state index contributed by atoms with van der Waals surface area (Å²) in [6.07, 6.45) is 4.42. The van der Waals surface area contributed by atoms with Crippen LogP contribution in [-0.4, -0.2) is 25.6 Å². The highest BCUT2D eigenvalue weighted by Crippen LogP contribution is 2.17. The zero-order valence-corrected chi connectivity index (χ0v) is 15.7. The van der Waals surface area contributed by atoms with E-state index in [2.05, 4.69) is 90.1 Å². The molecular formula is C22H28N4. The lowest BCUT2D eigenvalue weighted by Crippen LogP contribution is -2.36. The van der Waals surface area contributed by atoms with Crippen LogP contribution in [0.4, 0.5) is 5.69 Å². The number of aliphatic imine (C=N–C) groups is 1. The molecule has 4 nitrogen and oxygen atoms in total. The van der Waals surface area contributed by atoms with Crippen LogP contribution in [0.1, 0.15) is 23.6 Å². The molecule has 1 heterocycles. The topological polar surface area (TPSA) is 39.7 Å². The van der Waals surface area contributed by atoms with Gasteiger partial charge >= 0.3 is 0 Å². The zero-order valence-electron chi connectivity index (χ0n) is 15.7. The number of guanidine groups is 1. The second kappa shape index (κ2) is 9.09. The van der Waals surface area contributed by atoms with E-state index < -0.39 is 0 Å². The molecule has 0 fully saturated rings. The average molecular weight is 348 g/mol. The van der Waals surface area contributed by atoms with Crippen molar-refractivity contribution in [2.75, 3.05) is 24.5 Å². The van der Waals surface area contributed by atoms with E-state index in [1.165, 1.54) is 22.4 Å². The number of nitrogens with one attached hydrogen (secondary N) is 2. The molecular weight excluding hydrogens is 320 g/mol. The molecule has 1 aliphatic heterocycles. The van der Waals surface area contributed by atoms with Crippen LogP contribution < -0.4 is 15.5 Å². The summed E-state index contributed by atoms with van der Waals surface area (Å²) in [5.41, 5.74) is 5.02. The standard InChI is InChI=1S/C22H28N4/c1-3-23-22(24-16-19-8-6-18(2)7-9-19)25-17-20-10-12-21(13-11-20)26-14-4-5-15-26/h4-13H,3,14-17H2,1-2H3,(H2,23,24,25). The van der Waals surface area contributed by atoms with E-state index in [4.69, 9.17) is 4.99 Å². The summed E-state index contributed by atoms with van der Waals surface area (Å²) in [7, 11) is 0. The van der Waals surface area contributed by atoms with Gasteiger partial charge in [0.25, 0.3) is 0 Å². The first kappa shape index (κ1) is 18.1. The SMILES string of the molecule is CCNC(=NCc1ccc(N2CC=CC2)cc1)NCc1ccc(C)cc1. The number of benzene rings is 2. The molecule has 4 heteroatoms. The van der Waals surface area contributed by atoms with Gasteiger partial charge in [-0.3, -0.25) is 0 Å². The monoisotopic (exact) mass is 348 g/mol. The molecule has 1 aliphatic rings. The normalized spacial score (nSPS) is 13.9. The fourth-order valence-electron chi connectivity index (χ4n) is 2.90. The lowest BCUT2D eigenvalue weighted by molar-refractivity contribution is 0.816. The molecule has 0 saturated heterocycles. The van der Waals surface area contributed by atoms with E-state index in [0.717, 1.165) is 32.1 Å². The van der Waals surface area contributed by atoms with Crippen LogP contribution in [-0.2, 0) is 13.1 Å². The van der Waals surface area contributed by atoms with Crippen LogP contribution >= 0.6 is 0 Å². The molecule has 0 aromatic heterocycles. The van der Waals surface area contributed by atoms with Gasteiger partial charge < -0.3 is 15.5 Å². The molecule has 136 valence electrons. The van der Waals surface area contributed by atoms with Gasteiger partial charge in [0, 0.05) is 31.9 Å². The molecule has 0 saturated carbocycles. The molecule has 3 rings (SSSR count). The van der Waals surface area contributed by atoms with Crippen LogP contribution in [0.25, 0.3) is 0 Å². The average Bonchev–Trinajstić information content (AvgIpc) is 3.20. The highest BCUT2D eigenvalue weighted by atomic mass is 15.2. The molecule has 26 heavy (non-hydrogen) atoms. The van der Waals surface area contributed by atoms with Gasteiger partial charge in [0.1, 0.15) is 0 Å². The molecule has 0 unspecified atom stereocenters. The molecule has 0 spiro atoms. The maximum absolute atomic E-state index is 4.71. The highest BCUT2D eigenvalue weighted by molar-refractivity contribution is 5.79. The second-order valence-electron chi connectivity index (χ2n) is 6.58. The molecule has 0 atom stereocenters. The summed E-state index contributed by atoms with van der Waals surface area (Å²) < 4.78 is 0. The number of rotatable bonds is 6. The largest absolute Gasteiger partial charge is 0.364 e. The third-order valence-electron chi connectivity index (χ3n) is 4.46. The van der Waals surface area contributed by atoms with Gasteiger partial charge in [-0.2, -0.15) is 0 Å². The third-order valence-corrected chi connectivity index (χ3v) is 4.46. The Morgan fingerprint density at radius 3 is 2.23 bits per heavy atom.